The number of hydrogen-bond donors (Lipinski definition) is 4. The van der Waals surface area contributed by atoms with Crippen molar-refractivity contribution in [2.75, 3.05) is 33.3 Å². The van der Waals surface area contributed by atoms with Crippen molar-refractivity contribution in [1.82, 2.24) is 15.5 Å². The molecule has 2 aromatic rings. The third kappa shape index (κ3) is 6.17. The number of rotatable bonds is 10. The van der Waals surface area contributed by atoms with Gasteiger partial charge in [0.05, 0.1) is 5.60 Å². The highest BCUT2D eigenvalue weighted by Gasteiger charge is 2.42. The average Bonchev–Trinajstić information content (AvgIpc) is 2.84. The molecular weight excluding hydrogens is 426 g/mol. The summed E-state index contributed by atoms with van der Waals surface area (Å²) in [4.78, 5) is 14.8. The van der Waals surface area contributed by atoms with Crippen LogP contribution in [0, 0.1) is 12.8 Å². The van der Waals surface area contributed by atoms with Crippen LogP contribution in [0.4, 0.5) is 4.79 Å². The normalized spacial score (nSPS) is 18.9. The third-order valence-corrected chi connectivity index (χ3v) is 7.06. The van der Waals surface area contributed by atoms with E-state index in [1.807, 2.05) is 49.2 Å². The fourth-order valence-corrected chi connectivity index (χ4v) is 5.25. The number of likely N-dealkylation sites (N-methyl/N-ethyl adjacent to an activating group) is 1. The molecule has 0 saturated carbocycles. The zero-order chi connectivity index (χ0) is 24.6. The second kappa shape index (κ2) is 12.3. The first kappa shape index (κ1) is 26.2. The van der Waals surface area contributed by atoms with Crippen LogP contribution in [0.1, 0.15) is 50.2 Å². The van der Waals surface area contributed by atoms with Gasteiger partial charge in [0.2, 0.25) is 0 Å². The summed E-state index contributed by atoms with van der Waals surface area (Å²) >= 11 is 0. The second-order valence-electron chi connectivity index (χ2n) is 9.66. The number of nitrogens with one attached hydrogen (secondary N) is 2. The molecule has 3 atom stereocenters. The molecule has 6 heteroatoms. The van der Waals surface area contributed by atoms with E-state index in [4.69, 9.17) is 0 Å². The summed E-state index contributed by atoms with van der Waals surface area (Å²) in [7, 11) is 1.87. The molecule has 1 fully saturated rings. The van der Waals surface area contributed by atoms with Crippen LogP contribution in [0.2, 0.25) is 0 Å². The van der Waals surface area contributed by atoms with Crippen LogP contribution in [0.15, 0.2) is 48.5 Å². The number of unbranched alkanes of at least 4 members (excludes halogenated alkanes) is 1. The van der Waals surface area contributed by atoms with Crippen molar-refractivity contribution in [1.29, 1.82) is 0 Å². The van der Waals surface area contributed by atoms with E-state index in [-0.39, 0.29) is 24.6 Å². The molecule has 1 saturated heterocycles. The van der Waals surface area contributed by atoms with Crippen molar-refractivity contribution in [3.63, 3.8) is 0 Å². The fraction of sp³-hybridized carbons (Fsp3) is 0.536. The van der Waals surface area contributed by atoms with Gasteiger partial charge in [0.1, 0.15) is 0 Å². The summed E-state index contributed by atoms with van der Waals surface area (Å²) in [5, 5.41) is 28.0. The van der Waals surface area contributed by atoms with Crippen LogP contribution in [-0.4, -0.2) is 60.5 Å². The van der Waals surface area contributed by atoms with Crippen molar-refractivity contribution < 1.29 is 15.0 Å². The standard InChI is InChI=1S/C28H41N3O3/c1-21-11-4-5-13-24(21)25-14-6-7-15-26(25)28(34,16-8-9-18-32)23-12-10-17-31(20-23)27(33)30-22(2)19-29-3/h4-7,11,13-15,22-23,29,32,34H,8-10,12,16-20H2,1-3H3,(H,30,33)/t22-,23+,28-/m0/s1. The Balaban J connectivity index is 1.94. The Hall–Kier alpha value is -2.41. The van der Waals surface area contributed by atoms with Crippen LogP contribution >= 0.6 is 0 Å². The van der Waals surface area contributed by atoms with E-state index in [1.54, 1.807) is 0 Å². The number of hydrogen-bond acceptors (Lipinski definition) is 4. The highest BCUT2D eigenvalue weighted by molar-refractivity contribution is 5.75. The first-order valence-corrected chi connectivity index (χ1v) is 12.6. The van der Waals surface area contributed by atoms with Crippen molar-refractivity contribution in [2.45, 2.75) is 57.6 Å². The molecular formula is C28H41N3O3. The summed E-state index contributed by atoms with van der Waals surface area (Å²) in [6.07, 6.45) is 3.62. The molecule has 0 aromatic heterocycles. The molecule has 1 heterocycles. The molecule has 3 rings (SSSR count). The van der Waals surface area contributed by atoms with Gasteiger partial charge in [-0.1, -0.05) is 48.5 Å². The number of aliphatic hydroxyl groups excluding tert-OH is 1. The van der Waals surface area contributed by atoms with E-state index < -0.39 is 5.60 Å². The quantitative estimate of drug-likeness (QED) is 0.397. The molecule has 1 aliphatic rings. The topological polar surface area (TPSA) is 84.8 Å². The van der Waals surface area contributed by atoms with Crippen molar-refractivity contribution >= 4 is 6.03 Å². The van der Waals surface area contributed by atoms with Crippen molar-refractivity contribution in [2.24, 2.45) is 5.92 Å². The Morgan fingerprint density at radius 2 is 1.85 bits per heavy atom. The lowest BCUT2D eigenvalue weighted by atomic mass is 9.72. The number of carbonyl (C=O) groups is 1. The van der Waals surface area contributed by atoms with Gasteiger partial charge in [-0.05, 0) is 75.3 Å². The lowest BCUT2D eigenvalue weighted by Gasteiger charge is -2.44. The number of aliphatic hydroxyl groups is 2. The van der Waals surface area contributed by atoms with E-state index in [0.717, 1.165) is 41.5 Å². The largest absolute Gasteiger partial charge is 0.396 e. The molecule has 34 heavy (non-hydrogen) atoms. The van der Waals surface area contributed by atoms with Gasteiger partial charge in [-0.2, -0.15) is 0 Å². The minimum Gasteiger partial charge on any atom is -0.396 e. The number of aryl methyl sites for hydroxylation is 1. The second-order valence-corrected chi connectivity index (χ2v) is 9.66. The number of nitrogens with zero attached hydrogens (tertiary/aromatic N) is 1. The van der Waals surface area contributed by atoms with Crippen LogP contribution in [0.25, 0.3) is 11.1 Å². The summed E-state index contributed by atoms with van der Waals surface area (Å²) in [6.45, 7) is 6.10. The smallest absolute Gasteiger partial charge is 0.317 e. The summed E-state index contributed by atoms with van der Waals surface area (Å²) < 4.78 is 0. The van der Waals surface area contributed by atoms with Gasteiger partial charge in [0.15, 0.2) is 0 Å². The van der Waals surface area contributed by atoms with E-state index >= 15 is 0 Å². The lowest BCUT2D eigenvalue weighted by molar-refractivity contribution is -0.0556. The SMILES string of the molecule is CNC[C@H](C)NC(=O)N1CCC[C@@H]([C@@](O)(CCCCO)c2ccccc2-c2ccccc2C)C1. The minimum absolute atomic E-state index is 0.0306. The van der Waals surface area contributed by atoms with Crippen molar-refractivity contribution in [3.8, 4) is 11.1 Å². The zero-order valence-corrected chi connectivity index (χ0v) is 20.9. The number of benzene rings is 2. The van der Waals surface area contributed by atoms with Gasteiger partial charge < -0.3 is 25.7 Å². The van der Waals surface area contributed by atoms with Gasteiger partial charge >= 0.3 is 6.03 Å². The molecule has 0 bridgehead atoms. The average molecular weight is 468 g/mol. The van der Waals surface area contributed by atoms with Crippen molar-refractivity contribution in [3.05, 3.63) is 59.7 Å². The molecule has 2 aromatic carbocycles. The maximum atomic E-state index is 13.0. The molecule has 1 aliphatic heterocycles. The van der Waals surface area contributed by atoms with Crippen LogP contribution in [0.5, 0.6) is 0 Å². The van der Waals surface area contributed by atoms with Gasteiger partial charge in [-0.15, -0.1) is 0 Å². The Bertz CT molecular complexity index is 935. The van der Waals surface area contributed by atoms with E-state index in [9.17, 15) is 15.0 Å². The molecule has 4 N–H and O–H groups in total. The Labute approximate surface area is 204 Å². The summed E-state index contributed by atoms with van der Waals surface area (Å²) in [5.41, 5.74) is 3.14. The van der Waals surface area contributed by atoms with Gasteiger partial charge in [0, 0.05) is 38.2 Å². The number of likely N-dealkylation sites (tertiary alicyclic amines) is 1. The van der Waals surface area contributed by atoms with Crippen LogP contribution < -0.4 is 10.6 Å². The highest BCUT2D eigenvalue weighted by Crippen LogP contribution is 2.44. The maximum absolute atomic E-state index is 13.0. The summed E-state index contributed by atoms with van der Waals surface area (Å²) in [6, 6.07) is 16.3. The molecule has 0 unspecified atom stereocenters. The minimum atomic E-state index is -1.09. The van der Waals surface area contributed by atoms with Gasteiger partial charge in [0.25, 0.3) is 0 Å². The monoisotopic (exact) mass is 467 g/mol. The van der Waals surface area contributed by atoms with E-state index in [1.165, 1.54) is 0 Å². The predicted molar refractivity (Wildman–Crippen MR) is 138 cm³/mol. The van der Waals surface area contributed by atoms with Gasteiger partial charge in [-0.25, -0.2) is 4.79 Å². The lowest BCUT2D eigenvalue weighted by Crippen LogP contribution is -2.53. The predicted octanol–water partition coefficient (Wildman–Crippen LogP) is 4.04. The first-order chi connectivity index (χ1) is 16.4. The zero-order valence-electron chi connectivity index (χ0n) is 20.9. The van der Waals surface area contributed by atoms with Crippen LogP contribution in [-0.2, 0) is 5.60 Å². The summed E-state index contributed by atoms with van der Waals surface area (Å²) in [5.74, 6) is -0.0875. The maximum Gasteiger partial charge on any atom is 0.317 e. The molecule has 186 valence electrons. The number of urea groups is 1. The third-order valence-electron chi connectivity index (χ3n) is 7.06. The van der Waals surface area contributed by atoms with E-state index in [2.05, 4.69) is 35.8 Å². The Morgan fingerprint density at radius 1 is 1.15 bits per heavy atom. The number of amides is 2. The molecule has 0 aliphatic carbocycles. The van der Waals surface area contributed by atoms with E-state index in [0.29, 0.717) is 32.5 Å². The molecule has 0 radical (unpaired) electrons. The van der Waals surface area contributed by atoms with Gasteiger partial charge in [-0.3, -0.25) is 0 Å². The number of piperidine rings is 1. The highest BCUT2D eigenvalue weighted by atomic mass is 16.3. The molecule has 2 amide bonds. The Morgan fingerprint density at radius 3 is 2.56 bits per heavy atom. The molecule has 6 nitrogen and oxygen atoms in total. The Kier molecular flexibility index (Phi) is 9.51. The number of carbonyl (C=O) groups excluding carboxylic acids is 1. The van der Waals surface area contributed by atoms with Crippen LogP contribution in [0.3, 0.4) is 0 Å². The fourth-order valence-electron chi connectivity index (χ4n) is 5.25. The molecule has 0 spiro atoms. The first-order valence-electron chi connectivity index (χ1n) is 12.6.